The molecular formula is C23H31N2O4+. The van der Waals surface area contributed by atoms with Gasteiger partial charge in [-0.1, -0.05) is 13.0 Å². The second kappa shape index (κ2) is 9.65. The lowest BCUT2D eigenvalue weighted by Crippen LogP contribution is -3.12. The third-order valence-corrected chi connectivity index (χ3v) is 5.92. The fourth-order valence-corrected chi connectivity index (χ4v) is 4.29. The van der Waals surface area contributed by atoms with Crippen LogP contribution in [-0.2, 0) is 11.3 Å². The van der Waals surface area contributed by atoms with E-state index in [-0.39, 0.29) is 17.4 Å². The first kappa shape index (κ1) is 21.0. The average molecular weight is 400 g/mol. The first-order valence-corrected chi connectivity index (χ1v) is 10.3. The Morgan fingerprint density at radius 3 is 2.72 bits per heavy atom. The molecule has 1 aliphatic heterocycles. The van der Waals surface area contributed by atoms with Gasteiger partial charge >= 0.3 is 0 Å². The van der Waals surface area contributed by atoms with E-state index in [9.17, 15) is 15.0 Å². The highest BCUT2D eigenvalue weighted by Crippen LogP contribution is 2.26. The minimum atomic E-state index is -0.00435. The number of phenolic OH excluding ortho intramolecular Hbond substituents is 2. The summed E-state index contributed by atoms with van der Waals surface area (Å²) in [6, 6.07) is 12.1. The lowest BCUT2D eigenvalue weighted by atomic mass is 9.81. The topological polar surface area (TPSA) is 83.2 Å². The van der Waals surface area contributed by atoms with Gasteiger partial charge in [0.2, 0.25) is 5.91 Å². The first-order chi connectivity index (χ1) is 14.0. The van der Waals surface area contributed by atoms with Crippen LogP contribution >= 0.6 is 0 Å². The van der Waals surface area contributed by atoms with E-state index in [0.717, 1.165) is 38.0 Å². The van der Waals surface area contributed by atoms with E-state index in [4.69, 9.17) is 4.74 Å². The van der Waals surface area contributed by atoms with E-state index in [1.54, 1.807) is 37.4 Å². The number of carbonyl (C=O) groups is 1. The molecule has 6 heteroatoms. The summed E-state index contributed by atoms with van der Waals surface area (Å²) in [5.74, 6) is 1.89. The highest BCUT2D eigenvalue weighted by molar-refractivity contribution is 5.91. The van der Waals surface area contributed by atoms with Gasteiger partial charge in [0.25, 0.3) is 0 Å². The van der Waals surface area contributed by atoms with E-state index in [1.807, 2.05) is 12.1 Å². The molecule has 0 aliphatic carbocycles. The van der Waals surface area contributed by atoms with Gasteiger partial charge in [-0.25, -0.2) is 0 Å². The number of phenols is 2. The summed E-state index contributed by atoms with van der Waals surface area (Å²) >= 11 is 0. The number of nitrogens with one attached hydrogen (secondary N) is 2. The number of hydrogen-bond acceptors (Lipinski definition) is 4. The van der Waals surface area contributed by atoms with Crippen molar-refractivity contribution in [1.82, 2.24) is 0 Å². The molecule has 0 radical (unpaired) electrons. The first-order valence-electron chi connectivity index (χ1n) is 10.3. The molecular weight excluding hydrogens is 368 g/mol. The van der Waals surface area contributed by atoms with E-state index in [1.165, 1.54) is 4.90 Å². The van der Waals surface area contributed by atoms with Crippen LogP contribution in [0.2, 0.25) is 0 Å². The summed E-state index contributed by atoms with van der Waals surface area (Å²) < 4.78 is 5.16. The number of benzene rings is 2. The highest BCUT2D eigenvalue weighted by Gasteiger charge is 2.32. The Morgan fingerprint density at radius 1 is 1.21 bits per heavy atom. The molecule has 1 heterocycles. The number of anilines is 1. The number of rotatable bonds is 7. The number of methoxy groups -OCH3 is 1. The van der Waals surface area contributed by atoms with Gasteiger partial charge in [0.1, 0.15) is 23.8 Å². The monoisotopic (exact) mass is 399 g/mol. The molecule has 4 N–H and O–H groups in total. The lowest BCUT2D eigenvalue weighted by Gasteiger charge is -2.35. The number of carbonyl (C=O) groups excluding carboxylic acids is 1. The van der Waals surface area contributed by atoms with Crippen LogP contribution in [0.25, 0.3) is 0 Å². The Labute approximate surface area is 172 Å². The molecule has 2 aromatic rings. The van der Waals surface area contributed by atoms with Gasteiger partial charge in [-0.2, -0.15) is 0 Å². The standard InChI is InChI=1S/C23H30N2O4/c1-3-16-14-25(15-18-7-8-21(29-2)13-22(18)27)10-9-17(16)11-23(28)24-19-5-4-6-20(26)12-19/h4-8,12-13,16-17,26-27H,3,9-11,14-15H2,1-2H3,(H,24,28)/p+1/t16-,17-/m0/s1. The predicted molar refractivity (Wildman–Crippen MR) is 112 cm³/mol. The van der Waals surface area contributed by atoms with E-state index in [0.29, 0.717) is 29.7 Å². The summed E-state index contributed by atoms with van der Waals surface area (Å²) in [6.07, 6.45) is 2.51. The van der Waals surface area contributed by atoms with E-state index in [2.05, 4.69) is 12.2 Å². The second-order valence-electron chi connectivity index (χ2n) is 7.90. The van der Waals surface area contributed by atoms with Gasteiger partial charge < -0.3 is 25.2 Å². The minimum Gasteiger partial charge on any atom is -0.508 e. The van der Waals surface area contributed by atoms with Crippen molar-refractivity contribution in [3.8, 4) is 17.2 Å². The Kier molecular flexibility index (Phi) is 6.99. The van der Waals surface area contributed by atoms with E-state index >= 15 is 0 Å². The van der Waals surface area contributed by atoms with Crippen LogP contribution in [0, 0.1) is 11.8 Å². The average Bonchev–Trinajstić information content (AvgIpc) is 2.70. The zero-order chi connectivity index (χ0) is 20.8. The minimum absolute atomic E-state index is 0.00435. The van der Waals surface area contributed by atoms with Crippen LogP contribution in [0.1, 0.15) is 31.7 Å². The quantitative estimate of drug-likeness (QED) is 0.577. The number of ether oxygens (including phenoxy) is 1. The van der Waals surface area contributed by atoms with Crippen molar-refractivity contribution in [3.63, 3.8) is 0 Å². The number of quaternary nitrogens is 1. The molecule has 0 spiro atoms. The Hall–Kier alpha value is -2.73. The summed E-state index contributed by atoms with van der Waals surface area (Å²) in [5, 5.41) is 22.7. The number of amides is 1. The fourth-order valence-electron chi connectivity index (χ4n) is 4.29. The zero-order valence-corrected chi connectivity index (χ0v) is 17.1. The van der Waals surface area contributed by atoms with Crippen molar-refractivity contribution in [3.05, 3.63) is 48.0 Å². The number of aromatic hydroxyl groups is 2. The molecule has 1 aliphatic rings. The second-order valence-corrected chi connectivity index (χ2v) is 7.90. The molecule has 3 rings (SSSR count). The smallest absolute Gasteiger partial charge is 0.224 e. The number of piperidine rings is 1. The molecule has 0 aromatic heterocycles. The van der Waals surface area contributed by atoms with Gasteiger partial charge in [-0.05, 0) is 36.6 Å². The molecule has 1 saturated heterocycles. The van der Waals surface area contributed by atoms with Crippen molar-refractivity contribution < 1.29 is 24.6 Å². The number of likely N-dealkylation sites (tertiary alicyclic amines) is 1. The lowest BCUT2D eigenvalue weighted by molar-refractivity contribution is -0.923. The summed E-state index contributed by atoms with van der Waals surface area (Å²) in [5.41, 5.74) is 1.55. The summed E-state index contributed by atoms with van der Waals surface area (Å²) in [4.78, 5) is 13.9. The molecule has 0 saturated carbocycles. The predicted octanol–water partition coefficient (Wildman–Crippen LogP) is 2.57. The van der Waals surface area contributed by atoms with Crippen LogP contribution in [0.3, 0.4) is 0 Å². The molecule has 2 aromatic carbocycles. The molecule has 1 fully saturated rings. The van der Waals surface area contributed by atoms with Crippen LogP contribution in [0.4, 0.5) is 5.69 Å². The zero-order valence-electron chi connectivity index (χ0n) is 17.1. The van der Waals surface area contributed by atoms with E-state index < -0.39 is 0 Å². The molecule has 29 heavy (non-hydrogen) atoms. The van der Waals surface area contributed by atoms with Crippen molar-refractivity contribution in [2.24, 2.45) is 11.8 Å². The SMILES string of the molecule is CC[C@H]1C[NH+](Cc2ccc(OC)cc2O)CC[C@H]1CC(=O)Nc1cccc(O)c1. The van der Waals surface area contributed by atoms with Crippen molar-refractivity contribution in [1.29, 1.82) is 0 Å². The van der Waals surface area contributed by atoms with Crippen molar-refractivity contribution in [2.45, 2.75) is 32.7 Å². The van der Waals surface area contributed by atoms with Crippen LogP contribution < -0.4 is 15.0 Å². The Bertz CT molecular complexity index is 839. The molecule has 3 atom stereocenters. The maximum Gasteiger partial charge on any atom is 0.224 e. The maximum atomic E-state index is 12.5. The fraction of sp³-hybridized carbons (Fsp3) is 0.435. The molecule has 1 amide bonds. The largest absolute Gasteiger partial charge is 0.508 e. The number of hydrogen-bond donors (Lipinski definition) is 4. The molecule has 156 valence electrons. The third-order valence-electron chi connectivity index (χ3n) is 5.92. The van der Waals surface area contributed by atoms with Gasteiger partial charge in [0.15, 0.2) is 0 Å². The summed E-state index contributed by atoms with van der Waals surface area (Å²) in [7, 11) is 1.59. The molecule has 0 bridgehead atoms. The highest BCUT2D eigenvalue weighted by atomic mass is 16.5. The van der Waals surface area contributed by atoms with Crippen molar-refractivity contribution in [2.75, 3.05) is 25.5 Å². The summed E-state index contributed by atoms with van der Waals surface area (Å²) in [6.45, 7) is 4.92. The third kappa shape index (κ3) is 5.64. The van der Waals surface area contributed by atoms with Crippen LogP contribution in [0.15, 0.2) is 42.5 Å². The van der Waals surface area contributed by atoms with Gasteiger partial charge in [-0.3, -0.25) is 4.79 Å². The molecule has 1 unspecified atom stereocenters. The Balaban J connectivity index is 1.55. The van der Waals surface area contributed by atoms with Crippen molar-refractivity contribution >= 4 is 11.6 Å². The molecule has 6 nitrogen and oxygen atoms in total. The van der Waals surface area contributed by atoms with Gasteiger partial charge in [-0.15, -0.1) is 0 Å². The van der Waals surface area contributed by atoms with Crippen LogP contribution in [-0.4, -0.2) is 36.3 Å². The Morgan fingerprint density at radius 2 is 2.03 bits per heavy atom. The maximum absolute atomic E-state index is 12.5. The van der Waals surface area contributed by atoms with Gasteiger partial charge in [0, 0.05) is 42.1 Å². The van der Waals surface area contributed by atoms with Crippen LogP contribution in [0.5, 0.6) is 17.2 Å². The van der Waals surface area contributed by atoms with Gasteiger partial charge in [0.05, 0.1) is 20.2 Å². The normalized spacial score (nSPS) is 21.5.